The van der Waals surface area contributed by atoms with E-state index in [4.69, 9.17) is 9.72 Å². The standard InChI is InChI=1S/C25H22N4O3/c1-32-19-10-8-17(9-11-19)23-15-21(20-6-2-3-7-22(20)29-23)25(31)27-14-12-24(30)28-18-5-4-13-26-16-18/h2-11,13,15-16H,12,14H2,1H3,(H,27,31)(H,28,30). The van der Waals surface area contributed by atoms with Crippen LogP contribution in [0.2, 0.25) is 0 Å². The topological polar surface area (TPSA) is 93.2 Å². The van der Waals surface area contributed by atoms with Crippen molar-refractivity contribution in [3.8, 4) is 17.0 Å². The van der Waals surface area contributed by atoms with E-state index in [-0.39, 0.29) is 24.8 Å². The molecule has 0 atom stereocenters. The molecule has 2 aromatic heterocycles. The van der Waals surface area contributed by atoms with Gasteiger partial charge in [0.05, 0.1) is 35.8 Å². The van der Waals surface area contributed by atoms with Crippen molar-refractivity contribution in [2.75, 3.05) is 19.0 Å². The molecule has 4 aromatic rings. The van der Waals surface area contributed by atoms with E-state index in [9.17, 15) is 9.59 Å². The van der Waals surface area contributed by atoms with Crippen LogP contribution in [0.4, 0.5) is 5.69 Å². The van der Waals surface area contributed by atoms with Gasteiger partial charge < -0.3 is 15.4 Å². The third-order valence-electron chi connectivity index (χ3n) is 4.93. The smallest absolute Gasteiger partial charge is 0.252 e. The van der Waals surface area contributed by atoms with Crippen LogP contribution in [0.25, 0.3) is 22.2 Å². The Kier molecular flexibility index (Phi) is 6.36. The number of benzene rings is 2. The van der Waals surface area contributed by atoms with E-state index in [1.54, 1.807) is 37.7 Å². The van der Waals surface area contributed by atoms with E-state index in [0.717, 1.165) is 22.2 Å². The van der Waals surface area contributed by atoms with Crippen molar-refractivity contribution in [3.63, 3.8) is 0 Å². The first-order valence-electron chi connectivity index (χ1n) is 10.2. The van der Waals surface area contributed by atoms with Crippen LogP contribution in [0.5, 0.6) is 5.75 Å². The zero-order chi connectivity index (χ0) is 22.3. The number of nitrogens with one attached hydrogen (secondary N) is 2. The van der Waals surface area contributed by atoms with E-state index in [2.05, 4.69) is 15.6 Å². The fraction of sp³-hybridized carbons (Fsp3) is 0.120. The van der Waals surface area contributed by atoms with Crippen LogP contribution in [0, 0.1) is 0 Å². The second kappa shape index (κ2) is 9.70. The molecule has 0 bridgehead atoms. The summed E-state index contributed by atoms with van der Waals surface area (Å²) in [4.78, 5) is 33.8. The maximum atomic E-state index is 13.0. The Labute approximate surface area is 185 Å². The minimum absolute atomic E-state index is 0.148. The molecule has 7 nitrogen and oxygen atoms in total. The molecule has 4 rings (SSSR count). The summed E-state index contributed by atoms with van der Waals surface area (Å²) < 4.78 is 5.22. The number of pyridine rings is 2. The van der Waals surface area contributed by atoms with Crippen LogP contribution in [-0.2, 0) is 4.79 Å². The third kappa shape index (κ3) is 4.89. The molecule has 2 aromatic carbocycles. The van der Waals surface area contributed by atoms with Gasteiger partial charge >= 0.3 is 0 Å². The maximum Gasteiger partial charge on any atom is 0.252 e. The summed E-state index contributed by atoms with van der Waals surface area (Å²) in [5.74, 6) is 0.293. The lowest BCUT2D eigenvalue weighted by molar-refractivity contribution is -0.116. The first kappa shape index (κ1) is 21.0. The van der Waals surface area contributed by atoms with Gasteiger partial charge in [-0.2, -0.15) is 0 Å². The van der Waals surface area contributed by atoms with Crippen LogP contribution in [0.3, 0.4) is 0 Å². The Morgan fingerprint density at radius 3 is 2.56 bits per heavy atom. The highest BCUT2D eigenvalue weighted by molar-refractivity contribution is 6.07. The van der Waals surface area contributed by atoms with E-state index in [1.165, 1.54) is 0 Å². The van der Waals surface area contributed by atoms with Gasteiger partial charge in [0.2, 0.25) is 5.91 Å². The Hall–Kier alpha value is -4.26. The van der Waals surface area contributed by atoms with E-state index in [0.29, 0.717) is 16.9 Å². The molecule has 32 heavy (non-hydrogen) atoms. The number of fused-ring (bicyclic) bond motifs is 1. The Morgan fingerprint density at radius 2 is 1.81 bits per heavy atom. The molecule has 160 valence electrons. The molecule has 7 heteroatoms. The molecule has 2 amide bonds. The van der Waals surface area contributed by atoms with Gasteiger partial charge in [0.15, 0.2) is 0 Å². The fourth-order valence-corrected chi connectivity index (χ4v) is 3.32. The zero-order valence-corrected chi connectivity index (χ0v) is 17.5. The van der Waals surface area contributed by atoms with Crippen molar-refractivity contribution in [2.45, 2.75) is 6.42 Å². The first-order chi connectivity index (χ1) is 15.6. The number of hydrogen-bond donors (Lipinski definition) is 2. The summed E-state index contributed by atoms with van der Waals surface area (Å²) in [7, 11) is 1.61. The molecule has 0 aliphatic heterocycles. The molecule has 0 aliphatic carbocycles. The molecular weight excluding hydrogens is 404 g/mol. The number of aromatic nitrogens is 2. The van der Waals surface area contributed by atoms with Gasteiger partial charge in [-0.25, -0.2) is 4.98 Å². The number of ether oxygens (including phenoxy) is 1. The number of para-hydroxylation sites is 1. The van der Waals surface area contributed by atoms with Crippen molar-refractivity contribution >= 4 is 28.4 Å². The second-order valence-electron chi connectivity index (χ2n) is 7.10. The molecule has 2 heterocycles. The molecule has 2 N–H and O–H groups in total. The number of carbonyl (C=O) groups excluding carboxylic acids is 2. The number of rotatable bonds is 7. The van der Waals surface area contributed by atoms with E-state index < -0.39 is 0 Å². The van der Waals surface area contributed by atoms with Crippen LogP contribution >= 0.6 is 0 Å². The zero-order valence-electron chi connectivity index (χ0n) is 17.5. The number of carbonyl (C=O) groups is 2. The van der Waals surface area contributed by atoms with Crippen LogP contribution in [-0.4, -0.2) is 35.4 Å². The number of nitrogens with zero attached hydrogens (tertiary/aromatic N) is 2. The minimum Gasteiger partial charge on any atom is -0.497 e. The molecule has 0 saturated carbocycles. The monoisotopic (exact) mass is 426 g/mol. The molecule has 0 unspecified atom stereocenters. The second-order valence-corrected chi connectivity index (χ2v) is 7.10. The van der Waals surface area contributed by atoms with Crippen molar-refractivity contribution < 1.29 is 14.3 Å². The van der Waals surface area contributed by atoms with Gasteiger partial charge in [-0.05, 0) is 48.5 Å². The van der Waals surface area contributed by atoms with Gasteiger partial charge in [0, 0.05) is 30.1 Å². The minimum atomic E-state index is -0.257. The normalized spacial score (nSPS) is 10.5. The summed E-state index contributed by atoms with van der Waals surface area (Å²) in [6, 6.07) is 20.3. The molecule has 0 spiro atoms. The van der Waals surface area contributed by atoms with Crippen LogP contribution in [0.15, 0.2) is 79.1 Å². The first-order valence-corrected chi connectivity index (χ1v) is 10.2. The third-order valence-corrected chi connectivity index (χ3v) is 4.93. The largest absolute Gasteiger partial charge is 0.497 e. The van der Waals surface area contributed by atoms with Gasteiger partial charge in [-0.1, -0.05) is 18.2 Å². The predicted octanol–water partition coefficient (Wildman–Crippen LogP) is 4.06. The fourth-order valence-electron chi connectivity index (χ4n) is 3.32. The van der Waals surface area contributed by atoms with Crippen LogP contribution in [0.1, 0.15) is 16.8 Å². The highest BCUT2D eigenvalue weighted by Crippen LogP contribution is 2.26. The molecular formula is C25H22N4O3. The number of hydrogen-bond acceptors (Lipinski definition) is 5. The van der Waals surface area contributed by atoms with E-state index >= 15 is 0 Å². The number of anilines is 1. The van der Waals surface area contributed by atoms with Gasteiger partial charge in [0.25, 0.3) is 5.91 Å². The summed E-state index contributed by atoms with van der Waals surface area (Å²) in [6.45, 7) is 0.208. The maximum absolute atomic E-state index is 13.0. The van der Waals surface area contributed by atoms with Crippen molar-refractivity contribution in [2.24, 2.45) is 0 Å². The summed E-state index contributed by atoms with van der Waals surface area (Å²) in [5, 5.41) is 6.35. The average Bonchev–Trinajstić information content (AvgIpc) is 2.84. The summed E-state index contributed by atoms with van der Waals surface area (Å²) >= 11 is 0. The summed E-state index contributed by atoms with van der Waals surface area (Å²) in [5.41, 5.74) is 3.41. The van der Waals surface area contributed by atoms with Crippen molar-refractivity contribution in [1.29, 1.82) is 0 Å². The quantitative estimate of drug-likeness (QED) is 0.465. The molecule has 0 fully saturated rings. The van der Waals surface area contributed by atoms with Gasteiger partial charge in [-0.15, -0.1) is 0 Å². The Bertz CT molecular complexity index is 1240. The molecule has 0 radical (unpaired) electrons. The number of amides is 2. The summed E-state index contributed by atoms with van der Waals surface area (Å²) in [6.07, 6.45) is 3.35. The number of methoxy groups -OCH3 is 1. The SMILES string of the molecule is COc1ccc(-c2cc(C(=O)NCCC(=O)Nc3cccnc3)c3ccccc3n2)cc1. The molecule has 0 aliphatic rings. The van der Waals surface area contributed by atoms with Crippen LogP contribution < -0.4 is 15.4 Å². The lowest BCUT2D eigenvalue weighted by Gasteiger charge is -2.11. The average molecular weight is 426 g/mol. The highest BCUT2D eigenvalue weighted by atomic mass is 16.5. The van der Waals surface area contributed by atoms with Crippen molar-refractivity contribution in [1.82, 2.24) is 15.3 Å². The molecule has 0 saturated heterocycles. The van der Waals surface area contributed by atoms with Crippen molar-refractivity contribution in [3.05, 3.63) is 84.7 Å². The highest BCUT2D eigenvalue weighted by Gasteiger charge is 2.14. The Balaban J connectivity index is 1.50. The van der Waals surface area contributed by atoms with Gasteiger partial charge in [-0.3, -0.25) is 14.6 Å². The van der Waals surface area contributed by atoms with Gasteiger partial charge in [0.1, 0.15) is 5.75 Å². The lowest BCUT2D eigenvalue weighted by atomic mass is 10.0. The van der Waals surface area contributed by atoms with E-state index in [1.807, 2.05) is 48.5 Å². The lowest BCUT2D eigenvalue weighted by Crippen LogP contribution is -2.28. The predicted molar refractivity (Wildman–Crippen MR) is 124 cm³/mol. The Morgan fingerprint density at radius 1 is 1.00 bits per heavy atom.